The van der Waals surface area contributed by atoms with Crippen LogP contribution in [0.15, 0.2) is 24.4 Å². The normalized spacial score (nSPS) is 27.0. The summed E-state index contributed by atoms with van der Waals surface area (Å²) in [6.07, 6.45) is 4.35. The molecule has 122 valence electrons. The van der Waals surface area contributed by atoms with Gasteiger partial charge in [0.2, 0.25) is 5.91 Å². The van der Waals surface area contributed by atoms with Gasteiger partial charge in [-0.2, -0.15) is 0 Å². The van der Waals surface area contributed by atoms with E-state index in [-0.39, 0.29) is 11.8 Å². The van der Waals surface area contributed by atoms with Crippen molar-refractivity contribution in [1.29, 1.82) is 0 Å². The third kappa shape index (κ3) is 2.19. The van der Waals surface area contributed by atoms with Crippen molar-refractivity contribution in [3.05, 3.63) is 35.5 Å². The van der Waals surface area contributed by atoms with E-state index in [1.165, 1.54) is 22.0 Å². The second-order valence-electron chi connectivity index (χ2n) is 7.15. The van der Waals surface area contributed by atoms with E-state index in [0.29, 0.717) is 18.5 Å². The summed E-state index contributed by atoms with van der Waals surface area (Å²) in [4.78, 5) is 14.8. The summed E-state index contributed by atoms with van der Waals surface area (Å²) in [5.41, 5.74) is 4.22. The fourth-order valence-electron chi connectivity index (χ4n) is 4.73. The van der Waals surface area contributed by atoms with Gasteiger partial charge in [0.25, 0.3) is 0 Å². The highest BCUT2D eigenvalue weighted by Crippen LogP contribution is 2.44. The van der Waals surface area contributed by atoms with Gasteiger partial charge in [-0.15, -0.1) is 0 Å². The van der Waals surface area contributed by atoms with Crippen molar-refractivity contribution in [3.8, 4) is 0 Å². The molecule has 2 heterocycles. The Labute approximate surface area is 137 Å². The first-order valence-electron chi connectivity index (χ1n) is 8.65. The summed E-state index contributed by atoms with van der Waals surface area (Å²) < 4.78 is 2.24. The van der Waals surface area contributed by atoms with Crippen molar-refractivity contribution >= 4 is 16.8 Å². The molecule has 3 atom stereocenters. The van der Waals surface area contributed by atoms with Crippen LogP contribution in [0.4, 0.5) is 0 Å². The van der Waals surface area contributed by atoms with E-state index in [9.17, 15) is 4.79 Å². The number of hydrogen-bond acceptors (Lipinski definition) is 2. The minimum atomic E-state index is 0.0988. The Morgan fingerprint density at radius 1 is 1.35 bits per heavy atom. The monoisotopic (exact) mass is 311 g/mol. The maximum absolute atomic E-state index is 12.4. The molecule has 1 saturated heterocycles. The minimum Gasteiger partial charge on any atom is -0.356 e. The molecule has 4 heteroatoms. The fourth-order valence-corrected chi connectivity index (χ4v) is 4.73. The van der Waals surface area contributed by atoms with Gasteiger partial charge in [-0.05, 0) is 44.0 Å². The van der Waals surface area contributed by atoms with Crippen LogP contribution in [0, 0.1) is 5.92 Å². The van der Waals surface area contributed by atoms with Crippen molar-refractivity contribution in [2.24, 2.45) is 13.0 Å². The molecule has 2 aromatic rings. The van der Waals surface area contributed by atoms with Crippen molar-refractivity contribution in [2.75, 3.05) is 20.1 Å². The van der Waals surface area contributed by atoms with Gasteiger partial charge >= 0.3 is 0 Å². The second kappa shape index (κ2) is 5.38. The average molecular weight is 311 g/mol. The van der Waals surface area contributed by atoms with Crippen molar-refractivity contribution in [1.82, 2.24) is 14.8 Å². The molecule has 2 aliphatic rings. The molecule has 23 heavy (non-hydrogen) atoms. The van der Waals surface area contributed by atoms with Crippen LogP contribution in [-0.2, 0) is 18.3 Å². The number of rotatable bonds is 2. The van der Waals surface area contributed by atoms with Crippen molar-refractivity contribution in [2.45, 2.75) is 31.7 Å². The number of hydrogen-bond donors (Lipinski definition) is 1. The average Bonchev–Trinajstić information content (AvgIpc) is 2.86. The number of nitrogens with zero attached hydrogens (tertiary/aromatic N) is 2. The van der Waals surface area contributed by atoms with Crippen LogP contribution in [0.25, 0.3) is 10.9 Å². The van der Waals surface area contributed by atoms with Crippen molar-refractivity contribution in [3.63, 3.8) is 0 Å². The Balaban J connectivity index is 1.76. The Hall–Kier alpha value is -1.81. The van der Waals surface area contributed by atoms with E-state index in [1.54, 1.807) is 0 Å². The van der Waals surface area contributed by atoms with Gasteiger partial charge in [-0.1, -0.05) is 12.1 Å². The number of carbonyl (C=O) groups is 1. The standard InChI is InChI=1S/C19H25N3O/c1-4-20-19(23)13-8-15-14-6-5-7-16-18(14)12(10-21(16)2)9-17(15)22(3)11-13/h5-7,10,13,15,17H,4,8-9,11H2,1-3H3,(H,20,23)/t13-,15-,17+/m0/s1. The van der Waals surface area contributed by atoms with Gasteiger partial charge in [0.1, 0.15) is 0 Å². The first-order valence-corrected chi connectivity index (χ1v) is 8.65. The molecule has 4 rings (SSSR count). The summed E-state index contributed by atoms with van der Waals surface area (Å²) >= 11 is 0. The molecule has 0 spiro atoms. The molecular formula is C19H25N3O. The van der Waals surface area contributed by atoms with Crippen LogP contribution < -0.4 is 5.32 Å². The predicted octanol–water partition coefficient (Wildman–Crippen LogP) is 2.27. The van der Waals surface area contributed by atoms with Crippen molar-refractivity contribution < 1.29 is 4.79 Å². The number of amides is 1. The smallest absolute Gasteiger partial charge is 0.224 e. The molecule has 0 bridgehead atoms. The molecule has 1 aromatic carbocycles. The maximum Gasteiger partial charge on any atom is 0.224 e. The minimum absolute atomic E-state index is 0.0988. The zero-order valence-electron chi connectivity index (χ0n) is 14.2. The Morgan fingerprint density at radius 3 is 2.96 bits per heavy atom. The van der Waals surface area contributed by atoms with Gasteiger partial charge in [0.15, 0.2) is 0 Å². The molecule has 0 saturated carbocycles. The number of piperidine rings is 1. The summed E-state index contributed by atoms with van der Waals surface area (Å²) in [5.74, 6) is 0.769. The summed E-state index contributed by atoms with van der Waals surface area (Å²) in [6, 6.07) is 7.16. The molecule has 1 amide bonds. The maximum atomic E-state index is 12.4. The van der Waals surface area contributed by atoms with Gasteiger partial charge in [0, 0.05) is 49.2 Å². The largest absolute Gasteiger partial charge is 0.356 e. The number of likely N-dealkylation sites (tertiary alicyclic amines) is 1. The SMILES string of the molecule is CCNC(=O)[C@H]1C[C@H]2c3cccc4c3c(cn4C)C[C@H]2N(C)C1. The Kier molecular flexibility index (Phi) is 3.45. The zero-order chi connectivity index (χ0) is 16.1. The molecule has 0 radical (unpaired) electrons. The summed E-state index contributed by atoms with van der Waals surface area (Å²) in [6.45, 7) is 3.57. The number of carbonyl (C=O) groups excluding carboxylic acids is 1. The quantitative estimate of drug-likeness (QED) is 0.924. The van der Waals surface area contributed by atoms with Gasteiger partial charge in [-0.3, -0.25) is 4.79 Å². The Bertz CT molecular complexity index is 763. The highest BCUT2D eigenvalue weighted by Gasteiger charge is 2.41. The lowest BCUT2D eigenvalue weighted by Gasteiger charge is -2.45. The van der Waals surface area contributed by atoms with Gasteiger partial charge < -0.3 is 14.8 Å². The van der Waals surface area contributed by atoms with Crippen LogP contribution in [0.1, 0.15) is 30.4 Å². The third-order valence-electron chi connectivity index (χ3n) is 5.75. The zero-order valence-corrected chi connectivity index (χ0v) is 14.2. The number of aryl methyl sites for hydroxylation is 1. The van der Waals surface area contributed by atoms with E-state index in [1.807, 2.05) is 6.92 Å². The molecule has 4 nitrogen and oxygen atoms in total. The van der Waals surface area contributed by atoms with E-state index in [4.69, 9.17) is 0 Å². The highest BCUT2D eigenvalue weighted by molar-refractivity contribution is 5.89. The molecule has 0 unspecified atom stereocenters. The number of benzene rings is 1. The molecule has 1 N–H and O–H groups in total. The lowest BCUT2D eigenvalue weighted by atomic mass is 9.72. The molecule has 1 aromatic heterocycles. The van der Waals surface area contributed by atoms with E-state index in [0.717, 1.165) is 19.4 Å². The van der Waals surface area contributed by atoms with E-state index < -0.39 is 0 Å². The van der Waals surface area contributed by atoms with Gasteiger partial charge in [0.05, 0.1) is 5.92 Å². The first kappa shape index (κ1) is 14.8. The molecule has 1 fully saturated rings. The van der Waals surface area contributed by atoms with Gasteiger partial charge in [-0.25, -0.2) is 0 Å². The Morgan fingerprint density at radius 2 is 2.17 bits per heavy atom. The lowest BCUT2D eigenvalue weighted by Crippen LogP contribution is -2.51. The summed E-state index contributed by atoms with van der Waals surface area (Å²) in [5, 5.41) is 4.44. The third-order valence-corrected chi connectivity index (χ3v) is 5.75. The van der Waals surface area contributed by atoms with Crippen LogP contribution in [-0.4, -0.2) is 41.6 Å². The molecule has 1 aliphatic carbocycles. The van der Waals surface area contributed by atoms with Crippen LogP contribution in [0.3, 0.4) is 0 Å². The first-order chi connectivity index (χ1) is 11.1. The lowest BCUT2D eigenvalue weighted by molar-refractivity contribution is -0.127. The summed E-state index contributed by atoms with van der Waals surface area (Å²) in [7, 11) is 4.31. The molecular weight excluding hydrogens is 286 g/mol. The number of fused-ring (bicyclic) bond motifs is 2. The highest BCUT2D eigenvalue weighted by atomic mass is 16.1. The predicted molar refractivity (Wildman–Crippen MR) is 92.6 cm³/mol. The topological polar surface area (TPSA) is 37.3 Å². The van der Waals surface area contributed by atoms with Crippen LogP contribution in [0.5, 0.6) is 0 Å². The van der Waals surface area contributed by atoms with E-state index in [2.05, 4.69) is 53.3 Å². The molecule has 1 aliphatic heterocycles. The fraction of sp³-hybridized carbons (Fsp3) is 0.526. The number of aromatic nitrogens is 1. The van der Waals surface area contributed by atoms with Crippen LogP contribution >= 0.6 is 0 Å². The van der Waals surface area contributed by atoms with E-state index >= 15 is 0 Å². The number of nitrogens with one attached hydrogen (secondary N) is 1. The second-order valence-corrected chi connectivity index (χ2v) is 7.15. The number of likely N-dealkylation sites (N-methyl/N-ethyl adjacent to an activating group) is 1. The van der Waals surface area contributed by atoms with Crippen LogP contribution in [0.2, 0.25) is 0 Å².